The van der Waals surface area contributed by atoms with Crippen molar-refractivity contribution in [2.24, 2.45) is 17.6 Å². The van der Waals surface area contributed by atoms with Crippen molar-refractivity contribution < 1.29 is 0 Å². The molecule has 1 saturated heterocycles. The number of fused-ring (bicyclic) bond motifs is 1. The number of nitrogens with zero attached hydrogens (tertiary/aromatic N) is 1. The van der Waals surface area contributed by atoms with Gasteiger partial charge in [-0.2, -0.15) is 11.3 Å². The molecule has 1 aliphatic heterocycles. The van der Waals surface area contributed by atoms with Gasteiger partial charge in [-0.3, -0.25) is 4.90 Å². The number of hydrogen-bond acceptors (Lipinski definition) is 3. The molecule has 0 spiro atoms. The second-order valence-corrected chi connectivity index (χ2v) is 5.99. The zero-order valence-corrected chi connectivity index (χ0v) is 10.5. The predicted molar refractivity (Wildman–Crippen MR) is 68.5 cm³/mol. The molecule has 0 bridgehead atoms. The first-order chi connectivity index (χ1) is 7.88. The van der Waals surface area contributed by atoms with Gasteiger partial charge in [0.2, 0.25) is 0 Å². The lowest BCUT2D eigenvalue weighted by Crippen LogP contribution is -2.32. The number of hydrogen-bond donors (Lipinski definition) is 1. The van der Waals surface area contributed by atoms with E-state index in [1.54, 1.807) is 11.3 Å². The van der Waals surface area contributed by atoms with Gasteiger partial charge in [-0.15, -0.1) is 0 Å². The number of nitrogens with two attached hydrogens (primary N) is 1. The normalized spacial score (nSPS) is 31.8. The van der Waals surface area contributed by atoms with E-state index in [1.165, 1.54) is 37.9 Å². The summed E-state index contributed by atoms with van der Waals surface area (Å²) in [6.45, 7) is 3.32. The van der Waals surface area contributed by atoms with Crippen LogP contribution in [-0.4, -0.2) is 24.5 Å². The van der Waals surface area contributed by atoms with Crippen LogP contribution in [0.1, 0.15) is 30.9 Å². The van der Waals surface area contributed by atoms with Gasteiger partial charge < -0.3 is 5.73 Å². The summed E-state index contributed by atoms with van der Waals surface area (Å²) >= 11 is 1.78. The largest absolute Gasteiger partial charge is 0.329 e. The molecule has 0 amide bonds. The molecule has 1 saturated carbocycles. The van der Waals surface area contributed by atoms with Gasteiger partial charge >= 0.3 is 0 Å². The van der Waals surface area contributed by atoms with Gasteiger partial charge in [-0.1, -0.05) is 6.42 Å². The van der Waals surface area contributed by atoms with Gasteiger partial charge in [-0.25, -0.2) is 0 Å². The Bertz CT molecular complexity index is 324. The summed E-state index contributed by atoms with van der Waals surface area (Å²) in [6, 6.07) is 2.70. The van der Waals surface area contributed by atoms with E-state index in [-0.39, 0.29) is 0 Å². The van der Waals surface area contributed by atoms with Crippen molar-refractivity contribution in [1.82, 2.24) is 4.90 Å². The van der Waals surface area contributed by atoms with Crippen molar-refractivity contribution in [2.45, 2.75) is 25.3 Å². The number of likely N-dealkylation sites (tertiary alicyclic amines) is 1. The van der Waals surface area contributed by atoms with Gasteiger partial charge in [0.25, 0.3) is 0 Å². The minimum absolute atomic E-state index is 0.469. The average molecular weight is 236 g/mol. The molecule has 2 aliphatic rings. The van der Waals surface area contributed by atoms with Crippen molar-refractivity contribution in [3.05, 3.63) is 22.4 Å². The molecule has 16 heavy (non-hydrogen) atoms. The molecule has 1 aliphatic carbocycles. The van der Waals surface area contributed by atoms with Crippen LogP contribution in [0.3, 0.4) is 0 Å². The maximum Gasteiger partial charge on any atom is 0.0478 e. The molecular weight excluding hydrogens is 216 g/mol. The van der Waals surface area contributed by atoms with E-state index in [0.29, 0.717) is 6.04 Å². The van der Waals surface area contributed by atoms with Crippen LogP contribution in [0.25, 0.3) is 0 Å². The molecule has 1 aromatic heterocycles. The lowest BCUT2D eigenvalue weighted by molar-refractivity contribution is 0.232. The fourth-order valence-corrected chi connectivity index (χ4v) is 4.19. The maximum absolute atomic E-state index is 5.96. The second kappa shape index (κ2) is 4.47. The minimum atomic E-state index is 0.469. The summed E-state index contributed by atoms with van der Waals surface area (Å²) < 4.78 is 0. The highest BCUT2D eigenvalue weighted by Crippen LogP contribution is 2.40. The van der Waals surface area contributed by atoms with Crippen LogP contribution >= 0.6 is 11.3 Å². The Kier molecular flexibility index (Phi) is 3.01. The van der Waals surface area contributed by atoms with Crippen LogP contribution in [0.2, 0.25) is 0 Å². The number of rotatable bonds is 3. The molecular formula is C13H20N2S. The maximum atomic E-state index is 5.96. The molecule has 0 aromatic carbocycles. The molecule has 1 aromatic rings. The zero-order valence-electron chi connectivity index (χ0n) is 9.64. The first kappa shape index (κ1) is 10.8. The van der Waals surface area contributed by atoms with Crippen molar-refractivity contribution >= 4 is 11.3 Å². The summed E-state index contributed by atoms with van der Waals surface area (Å²) in [4.78, 5) is 2.62. The highest BCUT2D eigenvalue weighted by molar-refractivity contribution is 7.07. The molecule has 2 heterocycles. The summed E-state index contributed by atoms with van der Waals surface area (Å²) in [5.41, 5.74) is 7.38. The standard InChI is InChI=1S/C13H20N2S/c14-6-13(12-4-5-16-9-12)15-7-10-2-1-3-11(10)8-15/h4-5,9-11,13H,1-3,6-8,14H2. The lowest BCUT2D eigenvalue weighted by atomic mass is 10.0. The summed E-state index contributed by atoms with van der Waals surface area (Å²) in [7, 11) is 0. The zero-order chi connectivity index (χ0) is 11.0. The molecule has 3 heteroatoms. The van der Waals surface area contributed by atoms with E-state index >= 15 is 0 Å². The van der Waals surface area contributed by atoms with E-state index in [1.807, 2.05) is 0 Å². The van der Waals surface area contributed by atoms with E-state index in [4.69, 9.17) is 5.73 Å². The Morgan fingerprint density at radius 3 is 2.69 bits per heavy atom. The first-order valence-electron chi connectivity index (χ1n) is 6.34. The Morgan fingerprint density at radius 2 is 2.12 bits per heavy atom. The van der Waals surface area contributed by atoms with Gasteiger partial charge in [-0.05, 0) is 47.1 Å². The summed E-state index contributed by atoms with van der Waals surface area (Å²) in [5.74, 6) is 1.93. The van der Waals surface area contributed by atoms with Crippen LogP contribution in [0, 0.1) is 11.8 Å². The van der Waals surface area contributed by atoms with Crippen molar-refractivity contribution in [1.29, 1.82) is 0 Å². The average Bonchev–Trinajstić information content (AvgIpc) is 2.91. The van der Waals surface area contributed by atoms with Gasteiger partial charge in [0.1, 0.15) is 0 Å². The Hall–Kier alpha value is -0.380. The van der Waals surface area contributed by atoms with Gasteiger partial charge in [0.15, 0.2) is 0 Å². The van der Waals surface area contributed by atoms with Crippen molar-refractivity contribution in [3.63, 3.8) is 0 Å². The molecule has 3 rings (SSSR count). The van der Waals surface area contributed by atoms with Crippen molar-refractivity contribution in [2.75, 3.05) is 19.6 Å². The topological polar surface area (TPSA) is 29.3 Å². The second-order valence-electron chi connectivity index (χ2n) is 5.21. The van der Waals surface area contributed by atoms with E-state index in [9.17, 15) is 0 Å². The fraction of sp³-hybridized carbons (Fsp3) is 0.692. The SMILES string of the molecule is NCC(c1ccsc1)N1CC2CCCC2C1. The molecule has 3 atom stereocenters. The summed E-state index contributed by atoms with van der Waals surface area (Å²) in [5, 5.41) is 4.42. The molecule has 2 N–H and O–H groups in total. The molecule has 2 nitrogen and oxygen atoms in total. The third-order valence-corrected chi connectivity index (χ3v) is 5.05. The van der Waals surface area contributed by atoms with E-state index < -0.39 is 0 Å². The quantitative estimate of drug-likeness (QED) is 0.873. The van der Waals surface area contributed by atoms with Crippen LogP contribution in [0.4, 0.5) is 0 Å². The van der Waals surface area contributed by atoms with Crippen LogP contribution in [-0.2, 0) is 0 Å². The van der Waals surface area contributed by atoms with Crippen LogP contribution in [0.5, 0.6) is 0 Å². The summed E-state index contributed by atoms with van der Waals surface area (Å²) in [6.07, 6.45) is 4.35. The molecule has 0 radical (unpaired) electrons. The lowest BCUT2D eigenvalue weighted by Gasteiger charge is -2.26. The third kappa shape index (κ3) is 1.81. The number of thiophene rings is 1. The van der Waals surface area contributed by atoms with Crippen LogP contribution in [0.15, 0.2) is 16.8 Å². The first-order valence-corrected chi connectivity index (χ1v) is 7.29. The highest BCUT2D eigenvalue weighted by atomic mass is 32.1. The molecule has 2 fully saturated rings. The Labute approximate surface area is 101 Å². The predicted octanol–water partition coefficient (Wildman–Crippen LogP) is 2.48. The monoisotopic (exact) mass is 236 g/mol. The van der Waals surface area contributed by atoms with E-state index in [2.05, 4.69) is 21.7 Å². The van der Waals surface area contributed by atoms with Gasteiger partial charge in [0, 0.05) is 25.7 Å². The molecule has 3 unspecified atom stereocenters. The fourth-order valence-electron chi connectivity index (χ4n) is 3.49. The minimum Gasteiger partial charge on any atom is -0.329 e. The van der Waals surface area contributed by atoms with E-state index in [0.717, 1.165) is 18.4 Å². The Balaban J connectivity index is 1.72. The smallest absolute Gasteiger partial charge is 0.0478 e. The molecule has 88 valence electrons. The Morgan fingerprint density at radius 1 is 1.38 bits per heavy atom. The highest BCUT2D eigenvalue weighted by Gasteiger charge is 2.38. The van der Waals surface area contributed by atoms with Crippen LogP contribution < -0.4 is 5.73 Å². The van der Waals surface area contributed by atoms with Crippen molar-refractivity contribution in [3.8, 4) is 0 Å². The van der Waals surface area contributed by atoms with Gasteiger partial charge in [0.05, 0.1) is 0 Å². The third-order valence-electron chi connectivity index (χ3n) is 4.35.